The summed E-state index contributed by atoms with van der Waals surface area (Å²) in [6.07, 6.45) is -0.962. The van der Waals surface area contributed by atoms with Crippen molar-refractivity contribution in [2.45, 2.75) is 37.5 Å². The molecular formula is C21H21F3N4S2. The zero-order valence-electron chi connectivity index (χ0n) is 16.8. The van der Waals surface area contributed by atoms with Gasteiger partial charge in [-0.15, -0.1) is 23.1 Å². The van der Waals surface area contributed by atoms with E-state index >= 15 is 0 Å². The number of thioether (sulfide) groups is 1. The van der Waals surface area contributed by atoms with Crippen LogP contribution >= 0.6 is 23.1 Å². The van der Waals surface area contributed by atoms with Gasteiger partial charge in [-0.05, 0) is 48.5 Å². The summed E-state index contributed by atoms with van der Waals surface area (Å²) in [5, 5.41) is 5.00. The molecule has 0 unspecified atom stereocenters. The standard InChI is InChI=1S/C21H21F3N4S2/c1-4-12-5-13-9-28(2)10-14(13)6-17(12)26-20-25-8-16(21(22,23)24)19(27-20)18-7-15(29-3)11-30-18/h5-8,11H,4,9-10H2,1-3H3,(H,25,26,27). The van der Waals surface area contributed by atoms with E-state index in [1.165, 1.54) is 34.2 Å². The number of aryl methyl sites for hydroxylation is 1. The van der Waals surface area contributed by atoms with E-state index in [4.69, 9.17) is 0 Å². The molecule has 0 amide bonds. The van der Waals surface area contributed by atoms with E-state index in [1.54, 1.807) is 6.07 Å². The van der Waals surface area contributed by atoms with Crippen LogP contribution in [0.1, 0.15) is 29.2 Å². The van der Waals surface area contributed by atoms with Crippen LogP contribution in [0, 0.1) is 0 Å². The first-order chi connectivity index (χ1) is 14.3. The summed E-state index contributed by atoms with van der Waals surface area (Å²) in [6.45, 7) is 3.81. The third-order valence-corrected chi connectivity index (χ3v) is 6.87. The molecule has 0 saturated carbocycles. The van der Waals surface area contributed by atoms with Gasteiger partial charge in [-0.25, -0.2) is 9.97 Å². The first kappa shape index (κ1) is 21.1. The number of halogens is 3. The Balaban J connectivity index is 1.74. The Labute approximate surface area is 181 Å². The van der Waals surface area contributed by atoms with E-state index < -0.39 is 11.7 Å². The highest BCUT2D eigenvalue weighted by Crippen LogP contribution is 2.40. The predicted molar refractivity (Wildman–Crippen MR) is 116 cm³/mol. The van der Waals surface area contributed by atoms with Crippen LogP contribution < -0.4 is 5.32 Å². The van der Waals surface area contributed by atoms with Gasteiger partial charge in [-0.2, -0.15) is 13.2 Å². The number of alkyl halides is 3. The minimum absolute atomic E-state index is 0.0933. The van der Waals surface area contributed by atoms with Gasteiger partial charge in [0.15, 0.2) is 0 Å². The van der Waals surface area contributed by atoms with Gasteiger partial charge in [0.1, 0.15) is 5.56 Å². The summed E-state index contributed by atoms with van der Waals surface area (Å²) >= 11 is 2.74. The maximum Gasteiger partial charge on any atom is 0.420 e. The van der Waals surface area contributed by atoms with Gasteiger partial charge in [0.25, 0.3) is 0 Å². The number of benzene rings is 1. The van der Waals surface area contributed by atoms with Crippen molar-refractivity contribution in [3.63, 3.8) is 0 Å². The Hall–Kier alpha value is -2.10. The van der Waals surface area contributed by atoms with Crippen molar-refractivity contribution >= 4 is 34.7 Å². The van der Waals surface area contributed by atoms with Crippen LogP contribution in [0.15, 0.2) is 34.7 Å². The average Bonchev–Trinajstić information content (AvgIpc) is 3.31. The molecule has 0 saturated heterocycles. The Morgan fingerprint density at radius 1 is 1.20 bits per heavy atom. The maximum atomic E-state index is 13.6. The van der Waals surface area contributed by atoms with Crippen molar-refractivity contribution in [2.24, 2.45) is 0 Å². The number of hydrogen-bond donors (Lipinski definition) is 1. The van der Waals surface area contributed by atoms with Crippen LogP contribution in [-0.4, -0.2) is 28.2 Å². The third-order valence-electron chi connectivity index (χ3n) is 5.07. The summed E-state index contributed by atoms with van der Waals surface area (Å²) in [5.74, 6) is 0.165. The summed E-state index contributed by atoms with van der Waals surface area (Å²) in [6, 6.07) is 5.96. The molecule has 0 radical (unpaired) electrons. The van der Waals surface area contributed by atoms with Gasteiger partial charge < -0.3 is 5.32 Å². The monoisotopic (exact) mass is 450 g/mol. The second kappa shape index (κ2) is 8.20. The molecule has 0 spiro atoms. The molecular weight excluding hydrogens is 429 g/mol. The van der Waals surface area contributed by atoms with Crippen LogP contribution in [0.25, 0.3) is 10.6 Å². The zero-order valence-corrected chi connectivity index (χ0v) is 18.4. The highest BCUT2D eigenvalue weighted by Gasteiger charge is 2.36. The fourth-order valence-electron chi connectivity index (χ4n) is 3.59. The number of hydrogen-bond acceptors (Lipinski definition) is 6. The molecule has 158 valence electrons. The molecule has 1 N–H and O–H groups in total. The maximum absolute atomic E-state index is 13.6. The van der Waals surface area contributed by atoms with Gasteiger partial charge in [-0.1, -0.05) is 13.0 Å². The smallest absolute Gasteiger partial charge is 0.324 e. The van der Waals surface area contributed by atoms with Gasteiger partial charge in [0.2, 0.25) is 5.95 Å². The highest BCUT2D eigenvalue weighted by atomic mass is 32.2. The Morgan fingerprint density at radius 2 is 1.93 bits per heavy atom. The molecule has 1 aliphatic heterocycles. The van der Waals surface area contributed by atoms with Gasteiger partial charge in [0.05, 0.1) is 10.6 Å². The topological polar surface area (TPSA) is 41.1 Å². The fourth-order valence-corrected chi connectivity index (χ4v) is 5.20. The third kappa shape index (κ3) is 4.19. The SMILES string of the molecule is CCc1cc2c(cc1Nc1ncc(C(F)(F)F)c(-c3cc(SC)cs3)n1)CN(C)C2. The number of aromatic nitrogens is 2. The second-order valence-electron chi connectivity index (χ2n) is 7.23. The lowest BCUT2D eigenvalue weighted by atomic mass is 10.0. The first-order valence-electron chi connectivity index (χ1n) is 9.46. The molecule has 0 bridgehead atoms. The van der Waals surface area contributed by atoms with E-state index in [2.05, 4.69) is 46.3 Å². The van der Waals surface area contributed by atoms with Crippen molar-refractivity contribution in [1.82, 2.24) is 14.9 Å². The molecule has 9 heteroatoms. The van der Waals surface area contributed by atoms with Crippen molar-refractivity contribution in [2.75, 3.05) is 18.6 Å². The van der Waals surface area contributed by atoms with Crippen molar-refractivity contribution in [3.05, 3.63) is 52.0 Å². The summed E-state index contributed by atoms with van der Waals surface area (Å²) in [4.78, 5) is 11.9. The lowest BCUT2D eigenvalue weighted by Gasteiger charge is -2.15. The van der Waals surface area contributed by atoms with E-state index in [0.29, 0.717) is 4.88 Å². The average molecular weight is 451 g/mol. The lowest BCUT2D eigenvalue weighted by Crippen LogP contribution is -2.11. The quantitative estimate of drug-likeness (QED) is 0.469. The number of nitrogens with zero attached hydrogens (tertiary/aromatic N) is 3. The number of fused-ring (bicyclic) bond motifs is 1. The summed E-state index contributed by atoms with van der Waals surface area (Å²) < 4.78 is 40.7. The fraction of sp³-hybridized carbons (Fsp3) is 0.333. The molecule has 3 aromatic rings. The molecule has 4 nitrogen and oxygen atoms in total. The largest absolute Gasteiger partial charge is 0.420 e. The number of anilines is 2. The van der Waals surface area contributed by atoms with Crippen LogP contribution in [0.5, 0.6) is 0 Å². The van der Waals surface area contributed by atoms with Crippen LogP contribution in [0.2, 0.25) is 0 Å². The van der Waals surface area contributed by atoms with E-state index in [-0.39, 0.29) is 11.6 Å². The number of rotatable bonds is 5. The number of thiophene rings is 1. The van der Waals surface area contributed by atoms with Crippen molar-refractivity contribution in [3.8, 4) is 10.6 Å². The minimum Gasteiger partial charge on any atom is -0.324 e. The molecule has 30 heavy (non-hydrogen) atoms. The number of nitrogens with one attached hydrogen (secondary N) is 1. The van der Waals surface area contributed by atoms with Crippen molar-refractivity contribution < 1.29 is 13.2 Å². The van der Waals surface area contributed by atoms with Gasteiger partial charge >= 0.3 is 6.18 Å². The molecule has 1 aromatic carbocycles. The molecule has 0 aliphatic carbocycles. The molecule has 0 atom stereocenters. The highest BCUT2D eigenvalue weighted by molar-refractivity contribution is 7.98. The normalized spacial score (nSPS) is 14.2. The van der Waals surface area contributed by atoms with Crippen molar-refractivity contribution in [1.29, 1.82) is 0 Å². The summed E-state index contributed by atoms with van der Waals surface area (Å²) in [5.41, 5.74) is 3.52. The van der Waals surface area contributed by atoms with Gasteiger partial charge in [0, 0.05) is 35.2 Å². The molecule has 0 fully saturated rings. The Kier molecular flexibility index (Phi) is 5.78. The minimum atomic E-state index is -4.52. The van der Waals surface area contributed by atoms with E-state index in [0.717, 1.165) is 41.9 Å². The van der Waals surface area contributed by atoms with E-state index in [9.17, 15) is 13.2 Å². The van der Waals surface area contributed by atoms with Crippen LogP contribution in [-0.2, 0) is 25.7 Å². The first-order valence-corrected chi connectivity index (χ1v) is 11.6. The molecule has 4 rings (SSSR count). The molecule has 3 heterocycles. The molecule has 1 aliphatic rings. The van der Waals surface area contributed by atoms with Gasteiger partial charge in [-0.3, -0.25) is 4.90 Å². The summed E-state index contributed by atoms with van der Waals surface area (Å²) in [7, 11) is 2.06. The van der Waals surface area contributed by atoms with E-state index in [1.807, 2.05) is 11.6 Å². The predicted octanol–water partition coefficient (Wildman–Crippen LogP) is 6.20. The Morgan fingerprint density at radius 3 is 2.57 bits per heavy atom. The Bertz CT molecular complexity index is 1080. The molecule has 2 aromatic heterocycles. The second-order valence-corrected chi connectivity index (χ2v) is 9.02. The lowest BCUT2D eigenvalue weighted by molar-refractivity contribution is -0.137. The zero-order chi connectivity index (χ0) is 21.5. The van der Waals surface area contributed by atoms with Crippen LogP contribution in [0.4, 0.5) is 24.8 Å². The van der Waals surface area contributed by atoms with Crippen LogP contribution in [0.3, 0.4) is 0 Å².